The van der Waals surface area contributed by atoms with Gasteiger partial charge in [-0.05, 0) is 37.6 Å². The number of ether oxygens (including phenoxy) is 1. The van der Waals surface area contributed by atoms with Crippen molar-refractivity contribution < 1.29 is 4.74 Å². The molecule has 1 aromatic heterocycles. The fraction of sp³-hybridized carbons (Fsp3) is 0.143. The van der Waals surface area contributed by atoms with Gasteiger partial charge in [-0.2, -0.15) is 0 Å². The van der Waals surface area contributed by atoms with Gasteiger partial charge in [0.2, 0.25) is 0 Å². The van der Waals surface area contributed by atoms with E-state index in [-0.39, 0.29) is 5.84 Å². The largest absolute Gasteiger partial charge is 0.455 e. The zero-order valence-electron chi connectivity index (χ0n) is 10.4. The third-order valence-corrected chi connectivity index (χ3v) is 2.61. The summed E-state index contributed by atoms with van der Waals surface area (Å²) in [6, 6.07) is 9.27. The summed E-state index contributed by atoms with van der Waals surface area (Å²) in [4.78, 5) is 4.17. The van der Waals surface area contributed by atoms with Crippen LogP contribution in [-0.2, 0) is 0 Å². The van der Waals surface area contributed by atoms with Crippen LogP contribution in [0.5, 0.6) is 11.5 Å². The fourth-order valence-corrected chi connectivity index (χ4v) is 1.63. The van der Waals surface area contributed by atoms with E-state index >= 15 is 0 Å². The number of nitrogens with two attached hydrogens (primary N) is 1. The lowest BCUT2D eigenvalue weighted by Crippen LogP contribution is -2.12. The lowest BCUT2D eigenvalue weighted by atomic mass is 10.1. The van der Waals surface area contributed by atoms with Gasteiger partial charge in [-0.15, -0.1) is 0 Å². The number of para-hydroxylation sites is 1. The Morgan fingerprint density at radius 2 is 2.00 bits per heavy atom. The van der Waals surface area contributed by atoms with Gasteiger partial charge in [-0.1, -0.05) is 12.1 Å². The van der Waals surface area contributed by atoms with Gasteiger partial charge in [-0.3, -0.25) is 10.4 Å². The van der Waals surface area contributed by atoms with E-state index in [4.69, 9.17) is 15.9 Å². The number of hydrogen-bond acceptors (Lipinski definition) is 3. The number of nitrogens with one attached hydrogen (secondary N) is 1. The zero-order chi connectivity index (χ0) is 13.1. The maximum Gasteiger partial charge on any atom is 0.145 e. The molecule has 0 aliphatic heterocycles. The number of aromatic nitrogens is 1. The van der Waals surface area contributed by atoms with Crippen molar-refractivity contribution in [3.63, 3.8) is 0 Å². The van der Waals surface area contributed by atoms with E-state index in [9.17, 15) is 0 Å². The topological polar surface area (TPSA) is 72.0 Å². The Labute approximate surface area is 106 Å². The van der Waals surface area contributed by atoms with E-state index in [1.165, 1.54) is 0 Å². The van der Waals surface area contributed by atoms with Crippen molar-refractivity contribution in [3.8, 4) is 11.5 Å². The number of pyridine rings is 1. The Morgan fingerprint density at radius 3 is 2.61 bits per heavy atom. The molecule has 0 atom stereocenters. The van der Waals surface area contributed by atoms with Crippen molar-refractivity contribution in [1.29, 1.82) is 5.41 Å². The number of rotatable bonds is 3. The van der Waals surface area contributed by atoms with Crippen LogP contribution < -0.4 is 10.5 Å². The minimum Gasteiger partial charge on any atom is -0.455 e. The molecule has 1 aromatic carbocycles. The Bertz CT molecular complexity index is 576. The van der Waals surface area contributed by atoms with Crippen LogP contribution in [0.15, 0.2) is 36.5 Å². The molecule has 92 valence electrons. The van der Waals surface area contributed by atoms with Gasteiger partial charge < -0.3 is 10.5 Å². The average Bonchev–Trinajstić information content (AvgIpc) is 2.34. The van der Waals surface area contributed by atoms with Crippen molar-refractivity contribution in [3.05, 3.63) is 53.3 Å². The molecule has 0 unspecified atom stereocenters. The Balaban J connectivity index is 2.39. The molecular formula is C14H15N3O. The van der Waals surface area contributed by atoms with E-state index in [1.807, 2.05) is 38.1 Å². The van der Waals surface area contributed by atoms with E-state index in [0.717, 1.165) is 11.3 Å². The first-order valence-electron chi connectivity index (χ1n) is 5.62. The molecule has 3 N–H and O–H groups in total. The van der Waals surface area contributed by atoms with Crippen LogP contribution in [0.1, 0.15) is 16.8 Å². The molecule has 0 saturated carbocycles. The molecule has 0 amide bonds. The Kier molecular flexibility index (Phi) is 3.28. The molecule has 2 rings (SSSR count). The van der Waals surface area contributed by atoms with Crippen LogP contribution in [0.2, 0.25) is 0 Å². The standard InChI is InChI=1S/C14H15N3O/c1-9-4-3-5-12(14(15)16)13(9)18-11-7-6-10(2)17-8-11/h3-8H,1-2H3,(H3,15,16). The van der Waals surface area contributed by atoms with Gasteiger partial charge in [-0.25, -0.2) is 0 Å². The second-order valence-corrected chi connectivity index (χ2v) is 4.10. The second kappa shape index (κ2) is 4.87. The van der Waals surface area contributed by atoms with Crippen LogP contribution in [0.25, 0.3) is 0 Å². The molecule has 0 bridgehead atoms. The van der Waals surface area contributed by atoms with Crippen LogP contribution >= 0.6 is 0 Å². The minimum atomic E-state index is -0.00577. The van der Waals surface area contributed by atoms with Gasteiger partial charge in [0, 0.05) is 5.69 Å². The summed E-state index contributed by atoms with van der Waals surface area (Å²) in [6.07, 6.45) is 1.66. The molecule has 2 aromatic rings. The molecular weight excluding hydrogens is 226 g/mol. The molecule has 0 radical (unpaired) electrons. The summed E-state index contributed by atoms with van der Waals surface area (Å²) in [6.45, 7) is 3.84. The lowest BCUT2D eigenvalue weighted by Gasteiger charge is -2.12. The van der Waals surface area contributed by atoms with Gasteiger partial charge in [0.15, 0.2) is 0 Å². The summed E-state index contributed by atoms with van der Waals surface area (Å²) in [5.74, 6) is 1.24. The fourth-order valence-electron chi connectivity index (χ4n) is 1.63. The molecule has 0 spiro atoms. The van der Waals surface area contributed by atoms with Gasteiger partial charge in [0.25, 0.3) is 0 Å². The first-order valence-corrected chi connectivity index (χ1v) is 5.62. The van der Waals surface area contributed by atoms with Crippen molar-refractivity contribution in [2.45, 2.75) is 13.8 Å². The summed E-state index contributed by atoms with van der Waals surface area (Å²) < 4.78 is 5.77. The first-order chi connectivity index (χ1) is 8.58. The summed E-state index contributed by atoms with van der Waals surface area (Å²) in [7, 11) is 0. The Hall–Kier alpha value is -2.36. The molecule has 0 aliphatic carbocycles. The number of aryl methyl sites for hydroxylation is 2. The Morgan fingerprint density at radius 1 is 1.22 bits per heavy atom. The maximum atomic E-state index is 7.55. The van der Waals surface area contributed by atoms with Gasteiger partial charge in [0.1, 0.15) is 17.3 Å². The predicted molar refractivity (Wildman–Crippen MR) is 71.2 cm³/mol. The SMILES string of the molecule is Cc1ccc(Oc2c(C)cccc2C(=N)N)cn1. The number of benzene rings is 1. The highest BCUT2D eigenvalue weighted by Crippen LogP contribution is 2.28. The second-order valence-electron chi connectivity index (χ2n) is 4.10. The molecule has 0 fully saturated rings. The lowest BCUT2D eigenvalue weighted by molar-refractivity contribution is 0.475. The number of nitrogen functional groups attached to an aromatic ring is 1. The normalized spacial score (nSPS) is 10.1. The van der Waals surface area contributed by atoms with Crippen LogP contribution in [0.4, 0.5) is 0 Å². The predicted octanol–water partition coefficient (Wildman–Crippen LogP) is 2.77. The third-order valence-electron chi connectivity index (χ3n) is 2.61. The van der Waals surface area contributed by atoms with Crippen molar-refractivity contribution >= 4 is 5.84 Å². The van der Waals surface area contributed by atoms with Crippen molar-refractivity contribution in [2.75, 3.05) is 0 Å². The molecule has 0 saturated heterocycles. The molecule has 4 heteroatoms. The molecule has 0 aliphatic rings. The van der Waals surface area contributed by atoms with Crippen molar-refractivity contribution in [1.82, 2.24) is 4.98 Å². The van der Waals surface area contributed by atoms with Crippen LogP contribution in [0, 0.1) is 19.3 Å². The first kappa shape index (κ1) is 12.1. The van der Waals surface area contributed by atoms with Crippen LogP contribution in [-0.4, -0.2) is 10.8 Å². The highest BCUT2D eigenvalue weighted by molar-refractivity contribution is 5.98. The highest BCUT2D eigenvalue weighted by atomic mass is 16.5. The minimum absolute atomic E-state index is 0.00577. The summed E-state index contributed by atoms with van der Waals surface area (Å²) >= 11 is 0. The smallest absolute Gasteiger partial charge is 0.145 e. The van der Waals surface area contributed by atoms with E-state index < -0.39 is 0 Å². The third kappa shape index (κ3) is 2.48. The monoisotopic (exact) mass is 241 g/mol. The number of amidine groups is 1. The number of nitrogens with zero attached hydrogens (tertiary/aromatic N) is 1. The number of hydrogen-bond donors (Lipinski definition) is 2. The van der Waals surface area contributed by atoms with Gasteiger partial charge in [0.05, 0.1) is 11.8 Å². The van der Waals surface area contributed by atoms with Crippen molar-refractivity contribution in [2.24, 2.45) is 5.73 Å². The molecule has 4 nitrogen and oxygen atoms in total. The van der Waals surface area contributed by atoms with E-state index in [2.05, 4.69) is 4.98 Å². The summed E-state index contributed by atoms with van der Waals surface area (Å²) in [5, 5.41) is 7.55. The van der Waals surface area contributed by atoms with Gasteiger partial charge >= 0.3 is 0 Å². The molecule has 18 heavy (non-hydrogen) atoms. The quantitative estimate of drug-likeness (QED) is 0.641. The summed E-state index contributed by atoms with van der Waals surface area (Å²) in [5.41, 5.74) is 8.01. The van der Waals surface area contributed by atoms with E-state index in [0.29, 0.717) is 17.1 Å². The average molecular weight is 241 g/mol. The van der Waals surface area contributed by atoms with Crippen LogP contribution in [0.3, 0.4) is 0 Å². The maximum absolute atomic E-state index is 7.55. The zero-order valence-corrected chi connectivity index (χ0v) is 10.4. The van der Waals surface area contributed by atoms with E-state index in [1.54, 1.807) is 12.3 Å². The molecule has 1 heterocycles. The highest BCUT2D eigenvalue weighted by Gasteiger charge is 2.10.